The van der Waals surface area contributed by atoms with Gasteiger partial charge in [0.2, 0.25) is 0 Å². The molecule has 1 amide bonds. The first-order valence-corrected chi connectivity index (χ1v) is 8.72. The first-order chi connectivity index (χ1) is 11.2. The number of amides is 1. The summed E-state index contributed by atoms with van der Waals surface area (Å²) in [6.07, 6.45) is 5.49. The predicted octanol–water partition coefficient (Wildman–Crippen LogP) is 1.88. The molecule has 1 saturated heterocycles. The van der Waals surface area contributed by atoms with Gasteiger partial charge in [0.05, 0.1) is 6.54 Å². The van der Waals surface area contributed by atoms with Crippen molar-refractivity contribution in [3.8, 4) is 0 Å². The van der Waals surface area contributed by atoms with E-state index in [1.807, 2.05) is 6.92 Å². The normalized spacial score (nSPS) is 16.4. The molecule has 0 unspecified atom stereocenters. The molecule has 2 aromatic rings. The Morgan fingerprint density at radius 2 is 2.04 bits per heavy atom. The highest BCUT2D eigenvalue weighted by molar-refractivity contribution is 7.11. The van der Waals surface area contributed by atoms with Gasteiger partial charge >= 0.3 is 0 Å². The van der Waals surface area contributed by atoms with E-state index in [0.717, 1.165) is 49.0 Å². The summed E-state index contributed by atoms with van der Waals surface area (Å²) in [6, 6.07) is 3.48. The van der Waals surface area contributed by atoms with E-state index < -0.39 is 0 Å². The van der Waals surface area contributed by atoms with E-state index in [-0.39, 0.29) is 5.91 Å². The van der Waals surface area contributed by atoms with Gasteiger partial charge in [-0.1, -0.05) is 0 Å². The number of nitrogens with one attached hydrogen (secondary N) is 1. The largest absolute Gasteiger partial charge is 0.352 e. The molecule has 1 fully saturated rings. The molecule has 3 rings (SSSR count). The summed E-state index contributed by atoms with van der Waals surface area (Å²) in [4.78, 5) is 18.4. The third kappa shape index (κ3) is 4.56. The smallest absolute Gasteiger partial charge is 0.251 e. The maximum absolute atomic E-state index is 12.0. The number of carbonyl (C=O) groups excluding carboxylic acids is 1. The molecular formula is C16H21N5OS. The Hall–Kier alpha value is -1.86. The van der Waals surface area contributed by atoms with E-state index in [1.54, 1.807) is 35.9 Å². The molecule has 0 radical (unpaired) electrons. The van der Waals surface area contributed by atoms with Crippen LogP contribution in [0.2, 0.25) is 0 Å². The summed E-state index contributed by atoms with van der Waals surface area (Å²) in [5.41, 5.74) is 0.670. The first-order valence-electron chi connectivity index (χ1n) is 7.90. The third-order valence-electron chi connectivity index (χ3n) is 4.13. The summed E-state index contributed by atoms with van der Waals surface area (Å²) < 4.78 is 0. The van der Waals surface area contributed by atoms with Crippen molar-refractivity contribution in [2.24, 2.45) is 5.92 Å². The monoisotopic (exact) mass is 331 g/mol. The second-order valence-corrected chi connectivity index (χ2v) is 7.15. The van der Waals surface area contributed by atoms with Crippen molar-refractivity contribution in [2.45, 2.75) is 26.3 Å². The number of rotatable bonds is 5. The highest BCUT2D eigenvalue weighted by Crippen LogP contribution is 2.19. The molecule has 0 aromatic carbocycles. The van der Waals surface area contributed by atoms with Crippen molar-refractivity contribution in [1.29, 1.82) is 0 Å². The first kappa shape index (κ1) is 16.0. The van der Waals surface area contributed by atoms with Gasteiger partial charge in [0.25, 0.3) is 5.91 Å². The standard InChI is InChI=1S/C16H21N5OS/c1-12-19-20-15(23-12)11-21-8-4-13(5-9-21)10-18-16(22)14-2-6-17-7-3-14/h2-3,6-7,13H,4-5,8-11H2,1H3,(H,18,22). The SMILES string of the molecule is Cc1nnc(CN2CCC(CNC(=O)c3ccncc3)CC2)s1. The van der Waals surface area contributed by atoms with Crippen LogP contribution in [-0.2, 0) is 6.54 Å². The van der Waals surface area contributed by atoms with E-state index in [4.69, 9.17) is 0 Å². The van der Waals surface area contributed by atoms with Crippen LogP contribution in [0.1, 0.15) is 33.2 Å². The molecule has 2 aromatic heterocycles. The summed E-state index contributed by atoms with van der Waals surface area (Å²) in [7, 11) is 0. The second-order valence-electron chi connectivity index (χ2n) is 5.88. The van der Waals surface area contributed by atoms with E-state index in [0.29, 0.717) is 11.5 Å². The third-order valence-corrected chi connectivity index (χ3v) is 4.95. The number of piperidine rings is 1. The number of pyridine rings is 1. The Balaban J connectivity index is 1.40. The lowest BCUT2D eigenvalue weighted by Gasteiger charge is -2.31. The Labute approximate surface area is 140 Å². The van der Waals surface area contributed by atoms with Crippen molar-refractivity contribution in [1.82, 2.24) is 25.4 Å². The zero-order valence-electron chi connectivity index (χ0n) is 13.2. The molecule has 6 nitrogen and oxygen atoms in total. The lowest BCUT2D eigenvalue weighted by Crippen LogP contribution is -2.38. The molecule has 0 atom stereocenters. The number of nitrogens with zero attached hydrogens (tertiary/aromatic N) is 4. The number of hydrogen-bond donors (Lipinski definition) is 1. The highest BCUT2D eigenvalue weighted by atomic mass is 32.1. The van der Waals surface area contributed by atoms with Crippen LogP contribution in [0, 0.1) is 12.8 Å². The van der Waals surface area contributed by atoms with Gasteiger partial charge in [-0.05, 0) is 50.9 Å². The fourth-order valence-corrected chi connectivity index (χ4v) is 3.54. The minimum atomic E-state index is -0.0147. The van der Waals surface area contributed by atoms with E-state index >= 15 is 0 Å². The molecule has 0 aliphatic carbocycles. The Morgan fingerprint density at radius 3 is 2.70 bits per heavy atom. The second kappa shape index (κ2) is 7.61. The van der Waals surface area contributed by atoms with Gasteiger partial charge < -0.3 is 5.32 Å². The molecule has 0 bridgehead atoms. The van der Waals surface area contributed by atoms with Crippen LogP contribution < -0.4 is 5.32 Å². The zero-order chi connectivity index (χ0) is 16.1. The van der Waals surface area contributed by atoms with Crippen LogP contribution in [-0.4, -0.2) is 45.6 Å². The van der Waals surface area contributed by atoms with E-state index in [1.165, 1.54) is 0 Å². The molecule has 0 saturated carbocycles. The van der Waals surface area contributed by atoms with Gasteiger partial charge in [0, 0.05) is 24.5 Å². The van der Waals surface area contributed by atoms with E-state index in [2.05, 4.69) is 25.4 Å². The van der Waals surface area contributed by atoms with Gasteiger partial charge in [0.15, 0.2) is 0 Å². The van der Waals surface area contributed by atoms with Gasteiger partial charge in [-0.15, -0.1) is 21.5 Å². The predicted molar refractivity (Wildman–Crippen MR) is 89.2 cm³/mol. The molecule has 122 valence electrons. The lowest BCUT2D eigenvalue weighted by atomic mass is 9.96. The van der Waals surface area contributed by atoms with Crippen LogP contribution in [0.3, 0.4) is 0 Å². The maximum Gasteiger partial charge on any atom is 0.251 e. The average Bonchev–Trinajstić information content (AvgIpc) is 2.99. The number of hydrogen-bond acceptors (Lipinski definition) is 6. The van der Waals surface area contributed by atoms with Crippen LogP contribution in [0.25, 0.3) is 0 Å². The molecule has 3 heterocycles. The minimum absolute atomic E-state index is 0.0147. The van der Waals surface area contributed by atoms with Crippen molar-refractivity contribution in [2.75, 3.05) is 19.6 Å². The number of aryl methyl sites for hydroxylation is 1. The number of aromatic nitrogens is 3. The van der Waals surface area contributed by atoms with Crippen molar-refractivity contribution >= 4 is 17.2 Å². The Morgan fingerprint density at radius 1 is 1.30 bits per heavy atom. The summed E-state index contributed by atoms with van der Waals surface area (Å²) in [6.45, 7) is 5.72. The van der Waals surface area contributed by atoms with Gasteiger partial charge in [-0.3, -0.25) is 14.7 Å². The molecule has 0 spiro atoms. The minimum Gasteiger partial charge on any atom is -0.352 e. The van der Waals surface area contributed by atoms with E-state index in [9.17, 15) is 4.79 Å². The lowest BCUT2D eigenvalue weighted by molar-refractivity contribution is 0.0935. The summed E-state index contributed by atoms with van der Waals surface area (Å²) in [5.74, 6) is 0.535. The van der Waals surface area contributed by atoms with Crippen LogP contribution in [0.15, 0.2) is 24.5 Å². The Kier molecular flexibility index (Phi) is 5.30. The number of likely N-dealkylation sites (tertiary alicyclic amines) is 1. The topological polar surface area (TPSA) is 71.0 Å². The molecule has 1 aliphatic rings. The summed E-state index contributed by atoms with van der Waals surface area (Å²) in [5, 5.41) is 13.4. The van der Waals surface area contributed by atoms with Crippen molar-refractivity contribution in [3.63, 3.8) is 0 Å². The fraction of sp³-hybridized carbons (Fsp3) is 0.500. The van der Waals surface area contributed by atoms with Gasteiger partial charge in [-0.2, -0.15) is 0 Å². The molecule has 1 N–H and O–H groups in total. The molecule has 23 heavy (non-hydrogen) atoms. The van der Waals surface area contributed by atoms with Crippen LogP contribution >= 0.6 is 11.3 Å². The van der Waals surface area contributed by atoms with Gasteiger partial charge in [-0.25, -0.2) is 0 Å². The van der Waals surface area contributed by atoms with Gasteiger partial charge in [0.1, 0.15) is 10.0 Å². The van der Waals surface area contributed by atoms with Crippen LogP contribution in [0.5, 0.6) is 0 Å². The fourth-order valence-electron chi connectivity index (χ4n) is 2.78. The van der Waals surface area contributed by atoms with Crippen LogP contribution in [0.4, 0.5) is 0 Å². The number of carbonyl (C=O) groups is 1. The highest BCUT2D eigenvalue weighted by Gasteiger charge is 2.20. The molecule has 7 heteroatoms. The maximum atomic E-state index is 12.0. The van der Waals surface area contributed by atoms with Crippen molar-refractivity contribution < 1.29 is 4.79 Å². The summed E-state index contributed by atoms with van der Waals surface area (Å²) >= 11 is 1.67. The quantitative estimate of drug-likeness (QED) is 0.906. The molecule has 1 aliphatic heterocycles. The van der Waals surface area contributed by atoms with Crippen molar-refractivity contribution in [3.05, 3.63) is 40.1 Å². The Bertz CT molecular complexity index is 637. The average molecular weight is 331 g/mol. The molecular weight excluding hydrogens is 310 g/mol. The zero-order valence-corrected chi connectivity index (χ0v) is 14.1.